The summed E-state index contributed by atoms with van der Waals surface area (Å²) in [6, 6.07) is 33.8. The molecule has 0 aliphatic heterocycles. The molecule has 6 aromatic carbocycles. The van der Waals surface area contributed by atoms with Crippen molar-refractivity contribution >= 4 is 11.0 Å². The Labute approximate surface area is 439 Å². The molecule has 1 N–H and O–H groups in total. The van der Waals surface area contributed by atoms with Crippen molar-refractivity contribution in [3.8, 4) is 67.5 Å². The SMILES string of the molecule is [2H]c1c([2H])c(C(C([2H])([2H])[2H])(C([2H])([2H])[2H])C([2H])([2H])[2H])c([2H])c([2H])c1-c1ccnc(-c2[c-]c(-c3cccc4c3nc(-c3cc(C(C)(C)C)cc(C(C)(C)C)c3O)n4-c3ccc(C(C)(C)CC)cc3-c3ccccc3)cc(C(C)(C)C)c2)c1.[Pt]. The van der Waals surface area contributed by atoms with Crippen molar-refractivity contribution in [2.75, 3.05) is 0 Å². The summed E-state index contributed by atoms with van der Waals surface area (Å²) in [6.45, 7) is 14.2. The van der Waals surface area contributed by atoms with Crippen LogP contribution in [0.5, 0.6) is 5.75 Å². The molecule has 0 radical (unpaired) electrons. The zero-order valence-corrected chi connectivity index (χ0v) is 43.5. The van der Waals surface area contributed by atoms with Gasteiger partial charge in [0.05, 0.1) is 27.8 Å². The van der Waals surface area contributed by atoms with Gasteiger partial charge >= 0.3 is 0 Å². The third kappa shape index (κ3) is 9.95. The van der Waals surface area contributed by atoms with Gasteiger partial charge in [0.2, 0.25) is 0 Å². The first-order chi connectivity index (χ1) is 36.8. The molecule has 0 bridgehead atoms. The van der Waals surface area contributed by atoms with Crippen molar-refractivity contribution < 1.29 is 44.0 Å². The van der Waals surface area contributed by atoms with Gasteiger partial charge in [0.15, 0.2) is 0 Å². The van der Waals surface area contributed by atoms with Crippen LogP contribution in [0.2, 0.25) is 0 Å². The van der Waals surface area contributed by atoms with E-state index in [1.807, 2.05) is 42.5 Å². The van der Waals surface area contributed by atoms with Crippen LogP contribution in [0, 0.1) is 6.07 Å². The molecular weight excluding hydrogens is 1010 g/mol. The van der Waals surface area contributed by atoms with E-state index in [-0.39, 0.29) is 48.8 Å². The van der Waals surface area contributed by atoms with Crippen molar-refractivity contribution in [1.82, 2.24) is 14.5 Å². The molecule has 0 amide bonds. The molecule has 0 unspecified atom stereocenters. The summed E-state index contributed by atoms with van der Waals surface area (Å²) < 4.78 is 113. The van der Waals surface area contributed by atoms with E-state index in [2.05, 4.69) is 142 Å². The minimum atomic E-state index is -3.81. The van der Waals surface area contributed by atoms with Crippen molar-refractivity contribution in [1.29, 1.82) is 0 Å². The van der Waals surface area contributed by atoms with Gasteiger partial charge in [0.25, 0.3) is 0 Å². The first-order valence-electron chi connectivity index (χ1n) is 29.5. The van der Waals surface area contributed by atoms with Gasteiger partial charge in [-0.25, -0.2) is 4.98 Å². The molecular formula is C63H70N3OPt-. The number of aromatic nitrogens is 3. The average Bonchev–Trinajstić information content (AvgIpc) is 3.76. The maximum absolute atomic E-state index is 12.6. The molecule has 68 heavy (non-hydrogen) atoms. The van der Waals surface area contributed by atoms with Crippen LogP contribution in [-0.2, 0) is 48.1 Å². The van der Waals surface area contributed by atoms with Gasteiger partial charge in [0, 0.05) is 56.4 Å². The Bertz CT molecular complexity index is 3640. The van der Waals surface area contributed by atoms with Crippen molar-refractivity contribution in [2.24, 2.45) is 0 Å². The third-order valence-corrected chi connectivity index (χ3v) is 13.0. The van der Waals surface area contributed by atoms with Gasteiger partial charge in [0.1, 0.15) is 11.6 Å². The molecule has 2 aromatic heterocycles. The summed E-state index contributed by atoms with van der Waals surface area (Å²) in [7, 11) is 0. The quantitative estimate of drug-likeness (QED) is 0.154. The molecule has 8 rings (SSSR count). The smallest absolute Gasteiger partial charge is 0.148 e. The molecule has 2 heterocycles. The predicted molar refractivity (Wildman–Crippen MR) is 285 cm³/mol. The molecule has 0 aliphatic rings. The molecule has 0 atom stereocenters. The summed E-state index contributed by atoms with van der Waals surface area (Å²) in [5.74, 6) is 0.660. The van der Waals surface area contributed by atoms with Gasteiger partial charge in [-0.15, -0.1) is 29.3 Å². The second-order valence-electron chi connectivity index (χ2n) is 21.6. The van der Waals surface area contributed by atoms with Gasteiger partial charge in [-0.2, -0.15) is 0 Å². The second kappa shape index (κ2) is 18.4. The zero-order chi connectivity index (χ0) is 59.4. The summed E-state index contributed by atoms with van der Waals surface area (Å²) in [4.78, 5) is 10.3. The third-order valence-electron chi connectivity index (χ3n) is 13.0. The standard InChI is InChI=1S/C63H70N3O.Pt/c1-16-63(14,15)46-29-30-54(50(37-46)41-21-18-17-19-22-41)66-55-24-20-23-49(56(55)65-58(66)51-38-48(61(8,9)10)39-52(57(51)67)62(11,12)13)43-33-44(35-47(34-43)60(5,6)7)53-36-42(31-32-64-53)40-25-27-45(28-26-40)59(2,3)4;/h17-32,34-39,67H,16H2,1-15H3;/q-1;/i2D3,3D3,4D3,25D,26D,27D,28D;. The van der Waals surface area contributed by atoms with E-state index >= 15 is 0 Å². The maximum atomic E-state index is 12.6. The van der Waals surface area contributed by atoms with Crippen molar-refractivity contribution in [3.05, 3.63) is 167 Å². The Hall–Kier alpha value is -5.57. The number of hydrogen-bond acceptors (Lipinski definition) is 3. The maximum Gasteiger partial charge on any atom is 0.148 e. The Morgan fingerprint density at radius 2 is 1.24 bits per heavy atom. The number of nitrogens with zero attached hydrogens (tertiary/aromatic N) is 3. The number of rotatable bonds is 8. The Kier molecular flexibility index (Phi) is 9.61. The molecule has 0 spiro atoms. The molecule has 0 fully saturated rings. The van der Waals surface area contributed by atoms with Crippen LogP contribution >= 0.6 is 0 Å². The molecule has 0 saturated carbocycles. The molecule has 0 saturated heterocycles. The molecule has 0 aliphatic carbocycles. The van der Waals surface area contributed by atoms with Gasteiger partial charge in [-0.3, -0.25) is 9.55 Å². The van der Waals surface area contributed by atoms with Crippen molar-refractivity contribution in [2.45, 2.75) is 137 Å². The number of imidazole rings is 1. The number of benzene rings is 6. The van der Waals surface area contributed by atoms with Gasteiger partial charge in [-0.1, -0.05) is 200 Å². The Morgan fingerprint density at radius 3 is 1.87 bits per heavy atom. The summed E-state index contributed by atoms with van der Waals surface area (Å²) in [5, 5.41) is 12.6. The summed E-state index contributed by atoms with van der Waals surface area (Å²) in [6.07, 6.45) is 2.34. The van der Waals surface area contributed by atoms with E-state index in [1.54, 1.807) is 6.07 Å². The van der Waals surface area contributed by atoms with Crippen LogP contribution in [0.15, 0.2) is 133 Å². The van der Waals surface area contributed by atoms with Gasteiger partial charge < -0.3 is 5.11 Å². The van der Waals surface area contributed by atoms with Crippen LogP contribution < -0.4 is 0 Å². The topological polar surface area (TPSA) is 50.9 Å². The fourth-order valence-corrected chi connectivity index (χ4v) is 8.42. The van der Waals surface area contributed by atoms with Crippen LogP contribution in [0.25, 0.3) is 72.7 Å². The van der Waals surface area contributed by atoms with E-state index in [4.69, 9.17) is 25.0 Å². The molecule has 354 valence electrons. The van der Waals surface area contributed by atoms with E-state index in [0.29, 0.717) is 33.7 Å². The first-order valence-corrected chi connectivity index (χ1v) is 23.0. The number of para-hydroxylation sites is 1. The van der Waals surface area contributed by atoms with Gasteiger partial charge in [-0.05, 0) is 97.2 Å². The van der Waals surface area contributed by atoms with Crippen LogP contribution in [0.4, 0.5) is 0 Å². The van der Waals surface area contributed by atoms with E-state index in [9.17, 15) is 7.85 Å². The van der Waals surface area contributed by atoms with Crippen LogP contribution in [0.3, 0.4) is 0 Å². The number of pyridine rings is 1. The first kappa shape index (κ1) is 35.5. The predicted octanol–water partition coefficient (Wildman–Crippen LogP) is 17.1. The molecule has 5 heteroatoms. The number of fused-ring (bicyclic) bond motifs is 1. The fourth-order valence-electron chi connectivity index (χ4n) is 8.42. The van der Waals surface area contributed by atoms with Crippen LogP contribution in [-0.4, -0.2) is 19.6 Å². The number of aromatic hydroxyl groups is 1. The van der Waals surface area contributed by atoms with E-state index in [0.717, 1.165) is 51.0 Å². The Morgan fingerprint density at radius 1 is 0.588 bits per heavy atom. The van der Waals surface area contributed by atoms with Crippen LogP contribution in [0.1, 0.15) is 156 Å². The normalized spacial score (nSPS) is 16.0. The average molecular weight is 1090 g/mol. The fraction of sp³-hybridized carbons (Fsp3) is 0.333. The molecule has 8 aromatic rings. The monoisotopic (exact) mass is 1090 g/mol. The largest absolute Gasteiger partial charge is 0.507 e. The van der Waals surface area contributed by atoms with E-state index < -0.39 is 66.5 Å². The minimum Gasteiger partial charge on any atom is -0.507 e. The number of phenols is 1. The second-order valence-corrected chi connectivity index (χ2v) is 21.6. The number of phenolic OH excluding ortho intramolecular Hbond substituents is 1. The summed E-state index contributed by atoms with van der Waals surface area (Å²) >= 11 is 0. The molecule has 4 nitrogen and oxygen atoms in total. The van der Waals surface area contributed by atoms with Crippen molar-refractivity contribution in [3.63, 3.8) is 0 Å². The Balaban J connectivity index is 0.00000946. The zero-order valence-electron chi connectivity index (χ0n) is 54.2. The number of hydrogen-bond donors (Lipinski definition) is 1. The van der Waals surface area contributed by atoms with E-state index in [1.165, 1.54) is 17.8 Å². The summed E-state index contributed by atoms with van der Waals surface area (Å²) in [5.41, 5.74) is 4.33. The minimum absolute atomic E-state index is 0.